The van der Waals surface area contributed by atoms with Crippen molar-refractivity contribution >= 4 is 39.6 Å². The molecule has 2 N–H and O–H groups in total. The first-order valence-electron chi connectivity index (χ1n) is 11.5. The fourth-order valence-corrected chi connectivity index (χ4v) is 5.84. The molecule has 0 atom stereocenters. The number of phenolic OH excluding ortho intramolecular Hbond substituents is 2. The van der Waals surface area contributed by atoms with Crippen molar-refractivity contribution < 1.29 is 19.7 Å². The van der Waals surface area contributed by atoms with E-state index in [2.05, 4.69) is 11.8 Å². The number of hydrogen-bond acceptors (Lipinski definition) is 6. The molecule has 1 aliphatic rings. The third-order valence-electron chi connectivity index (χ3n) is 6.24. The van der Waals surface area contributed by atoms with E-state index < -0.39 is 0 Å². The van der Waals surface area contributed by atoms with Crippen LogP contribution >= 0.6 is 23.7 Å². The van der Waals surface area contributed by atoms with Gasteiger partial charge in [-0.1, -0.05) is 6.92 Å². The Morgan fingerprint density at radius 3 is 2.40 bits per heavy atom. The van der Waals surface area contributed by atoms with Crippen LogP contribution in [-0.2, 0) is 0 Å². The van der Waals surface area contributed by atoms with Gasteiger partial charge in [-0.2, -0.15) is 0 Å². The van der Waals surface area contributed by atoms with Gasteiger partial charge in [0.05, 0.1) is 0 Å². The molecule has 3 aromatic carbocycles. The zero-order valence-electron chi connectivity index (χ0n) is 19.7. The SMILES string of the molecule is CCCN1CC(Oc2ccc(C(=O)c3c(-c4ccc(O)cc4C)sc4cc(O)ccc34)cc2)C1.Cl. The van der Waals surface area contributed by atoms with Crippen LogP contribution in [0.4, 0.5) is 0 Å². The number of carbonyl (C=O) groups is 1. The molecular weight excluding hydrogens is 482 g/mol. The number of benzene rings is 3. The van der Waals surface area contributed by atoms with Gasteiger partial charge in [0.2, 0.25) is 0 Å². The largest absolute Gasteiger partial charge is 0.508 e. The number of aromatic hydroxyl groups is 2. The maximum Gasteiger partial charge on any atom is 0.195 e. The van der Waals surface area contributed by atoms with Crippen molar-refractivity contribution in [3.05, 3.63) is 77.4 Å². The summed E-state index contributed by atoms with van der Waals surface area (Å²) in [4.78, 5) is 16.9. The van der Waals surface area contributed by atoms with E-state index in [4.69, 9.17) is 4.74 Å². The summed E-state index contributed by atoms with van der Waals surface area (Å²) in [6, 6.07) is 17.6. The van der Waals surface area contributed by atoms with Crippen LogP contribution in [0.1, 0.15) is 34.8 Å². The molecule has 0 saturated carbocycles. The average molecular weight is 510 g/mol. The first kappa shape index (κ1) is 25.0. The maximum atomic E-state index is 13.7. The number of thiophene rings is 1. The summed E-state index contributed by atoms with van der Waals surface area (Å²) in [5.74, 6) is 1.04. The second-order valence-electron chi connectivity index (χ2n) is 8.84. The second kappa shape index (κ2) is 10.3. The quantitative estimate of drug-likeness (QED) is 0.281. The third kappa shape index (κ3) is 5.01. The minimum atomic E-state index is -0.0799. The molecule has 7 heteroatoms. The highest BCUT2D eigenvalue weighted by molar-refractivity contribution is 7.22. The lowest BCUT2D eigenvalue weighted by Crippen LogP contribution is -2.53. The molecule has 0 bridgehead atoms. The Labute approximate surface area is 215 Å². The predicted octanol–water partition coefficient (Wildman–Crippen LogP) is 6.41. The van der Waals surface area contributed by atoms with Crippen LogP contribution < -0.4 is 4.74 Å². The molecule has 2 heterocycles. The molecule has 35 heavy (non-hydrogen) atoms. The maximum absolute atomic E-state index is 13.7. The van der Waals surface area contributed by atoms with E-state index in [1.807, 2.05) is 37.3 Å². The van der Waals surface area contributed by atoms with Crippen molar-refractivity contribution in [1.82, 2.24) is 4.90 Å². The molecule has 0 radical (unpaired) electrons. The Bertz CT molecular complexity index is 1360. The third-order valence-corrected chi connectivity index (χ3v) is 7.42. The Kier molecular flexibility index (Phi) is 7.36. The average Bonchev–Trinajstić information content (AvgIpc) is 3.15. The Morgan fingerprint density at radius 1 is 1.03 bits per heavy atom. The zero-order chi connectivity index (χ0) is 23.8. The highest BCUT2D eigenvalue weighted by Gasteiger charge is 2.28. The first-order chi connectivity index (χ1) is 16.4. The number of ketones is 1. The minimum absolute atomic E-state index is 0. The Hall–Kier alpha value is -3.06. The predicted molar refractivity (Wildman–Crippen MR) is 144 cm³/mol. The van der Waals surface area contributed by atoms with Gasteiger partial charge in [0, 0.05) is 39.2 Å². The number of ether oxygens (including phenoxy) is 1. The lowest BCUT2D eigenvalue weighted by Gasteiger charge is -2.38. The lowest BCUT2D eigenvalue weighted by molar-refractivity contribution is 0.0202. The van der Waals surface area contributed by atoms with Gasteiger partial charge in [-0.15, -0.1) is 23.7 Å². The van der Waals surface area contributed by atoms with Crippen LogP contribution in [-0.4, -0.2) is 46.6 Å². The van der Waals surface area contributed by atoms with E-state index >= 15 is 0 Å². The van der Waals surface area contributed by atoms with Gasteiger partial charge in [0.1, 0.15) is 23.4 Å². The number of fused-ring (bicyclic) bond motifs is 1. The number of phenols is 2. The molecule has 5 rings (SSSR count). The standard InChI is InChI=1S/C28H27NO4S.ClH/c1-3-12-29-15-22(16-29)33-21-8-4-18(5-9-21)27(32)26-24-11-7-20(31)14-25(24)34-28(26)23-10-6-19(30)13-17(23)2;/h4-11,13-14,22,30-31H,3,12,15-16H2,1-2H3;1H. The molecule has 0 amide bonds. The van der Waals surface area contributed by atoms with Gasteiger partial charge in [0.25, 0.3) is 0 Å². The summed E-state index contributed by atoms with van der Waals surface area (Å²) in [7, 11) is 0. The van der Waals surface area contributed by atoms with Gasteiger partial charge in [-0.3, -0.25) is 9.69 Å². The molecular formula is C28H28ClNO4S. The van der Waals surface area contributed by atoms with Crippen LogP contribution in [0.25, 0.3) is 20.5 Å². The van der Waals surface area contributed by atoms with Crippen molar-refractivity contribution in [1.29, 1.82) is 0 Å². The van der Waals surface area contributed by atoms with Gasteiger partial charge in [-0.25, -0.2) is 0 Å². The van der Waals surface area contributed by atoms with Crippen LogP contribution in [0.5, 0.6) is 17.2 Å². The molecule has 1 aliphatic heterocycles. The first-order valence-corrected chi connectivity index (χ1v) is 12.3. The second-order valence-corrected chi connectivity index (χ2v) is 9.89. The highest BCUT2D eigenvalue weighted by Crippen LogP contribution is 2.42. The van der Waals surface area contributed by atoms with E-state index in [0.717, 1.165) is 57.9 Å². The van der Waals surface area contributed by atoms with Gasteiger partial charge in [0.15, 0.2) is 5.78 Å². The summed E-state index contributed by atoms with van der Waals surface area (Å²) in [5, 5.41) is 20.7. The topological polar surface area (TPSA) is 70.0 Å². The number of hydrogen-bond donors (Lipinski definition) is 2. The van der Waals surface area contributed by atoms with Crippen molar-refractivity contribution in [3.8, 4) is 27.7 Å². The van der Waals surface area contributed by atoms with E-state index in [1.54, 1.807) is 30.3 Å². The minimum Gasteiger partial charge on any atom is -0.508 e. The lowest BCUT2D eigenvalue weighted by atomic mass is 9.96. The van der Waals surface area contributed by atoms with Crippen LogP contribution in [0.3, 0.4) is 0 Å². The molecule has 4 aromatic rings. The number of halogens is 1. The van der Waals surface area contributed by atoms with Crippen LogP contribution in [0.15, 0.2) is 60.7 Å². The van der Waals surface area contributed by atoms with E-state index in [0.29, 0.717) is 11.1 Å². The van der Waals surface area contributed by atoms with E-state index in [1.165, 1.54) is 11.3 Å². The summed E-state index contributed by atoms with van der Waals surface area (Å²) in [5.41, 5.74) is 2.96. The summed E-state index contributed by atoms with van der Waals surface area (Å²) >= 11 is 1.47. The fourth-order valence-electron chi connectivity index (χ4n) is 4.52. The van der Waals surface area contributed by atoms with Crippen LogP contribution in [0, 0.1) is 6.92 Å². The number of nitrogens with zero attached hydrogens (tertiary/aromatic N) is 1. The number of rotatable bonds is 7. The summed E-state index contributed by atoms with van der Waals surface area (Å²) in [6.45, 7) is 7.08. The Morgan fingerprint density at radius 2 is 1.71 bits per heavy atom. The summed E-state index contributed by atoms with van der Waals surface area (Å²) < 4.78 is 6.89. The van der Waals surface area contributed by atoms with E-state index in [9.17, 15) is 15.0 Å². The zero-order valence-corrected chi connectivity index (χ0v) is 21.3. The van der Waals surface area contributed by atoms with Gasteiger partial charge in [-0.05, 0) is 91.7 Å². The smallest absolute Gasteiger partial charge is 0.195 e. The van der Waals surface area contributed by atoms with Crippen LogP contribution in [0.2, 0.25) is 0 Å². The van der Waals surface area contributed by atoms with Crippen molar-refractivity contribution in [2.45, 2.75) is 26.4 Å². The molecule has 0 spiro atoms. The van der Waals surface area contributed by atoms with Crippen molar-refractivity contribution in [2.24, 2.45) is 0 Å². The molecule has 1 saturated heterocycles. The molecule has 5 nitrogen and oxygen atoms in total. The number of aryl methyl sites for hydroxylation is 1. The molecule has 0 unspecified atom stereocenters. The molecule has 182 valence electrons. The summed E-state index contributed by atoms with van der Waals surface area (Å²) in [6.07, 6.45) is 1.34. The fraction of sp³-hybridized carbons (Fsp3) is 0.250. The molecule has 1 fully saturated rings. The Balaban J connectivity index is 0.00000289. The van der Waals surface area contributed by atoms with Gasteiger partial charge >= 0.3 is 0 Å². The molecule has 0 aliphatic carbocycles. The number of carbonyl (C=O) groups excluding carboxylic acids is 1. The van der Waals surface area contributed by atoms with Crippen molar-refractivity contribution in [3.63, 3.8) is 0 Å². The van der Waals surface area contributed by atoms with Gasteiger partial charge < -0.3 is 14.9 Å². The monoisotopic (exact) mass is 509 g/mol. The highest BCUT2D eigenvalue weighted by atomic mass is 35.5. The van der Waals surface area contributed by atoms with Crippen molar-refractivity contribution in [2.75, 3.05) is 19.6 Å². The number of likely N-dealkylation sites (tertiary alicyclic amines) is 1. The van der Waals surface area contributed by atoms with E-state index in [-0.39, 0.29) is 35.8 Å². The molecule has 1 aromatic heterocycles. The normalized spacial score (nSPS) is 13.9.